The molecular formula is C24H23ClN4O3. The predicted octanol–water partition coefficient (Wildman–Crippen LogP) is 4.38. The van der Waals surface area contributed by atoms with Gasteiger partial charge in [0, 0.05) is 30.4 Å². The van der Waals surface area contributed by atoms with E-state index in [1.54, 1.807) is 43.1 Å². The van der Waals surface area contributed by atoms with Crippen LogP contribution in [0.5, 0.6) is 11.5 Å². The highest BCUT2D eigenvalue weighted by Gasteiger charge is 2.20. The largest absolute Gasteiger partial charge is 0.493 e. The van der Waals surface area contributed by atoms with Crippen LogP contribution in [-0.2, 0) is 6.42 Å². The van der Waals surface area contributed by atoms with Gasteiger partial charge in [0.05, 0.1) is 26.1 Å². The van der Waals surface area contributed by atoms with Crippen LogP contribution in [0.25, 0.3) is 16.9 Å². The maximum atomic E-state index is 13.1. The third-order valence-electron chi connectivity index (χ3n) is 5.31. The number of benzene rings is 2. The van der Waals surface area contributed by atoms with E-state index < -0.39 is 0 Å². The summed E-state index contributed by atoms with van der Waals surface area (Å²) >= 11 is 6.37. The van der Waals surface area contributed by atoms with Crippen molar-refractivity contribution in [2.24, 2.45) is 0 Å². The zero-order valence-corrected chi connectivity index (χ0v) is 18.8. The number of rotatable bonds is 7. The third-order valence-corrected chi connectivity index (χ3v) is 5.64. The summed E-state index contributed by atoms with van der Waals surface area (Å²) in [5.41, 5.74) is 3.57. The number of nitrogens with zero attached hydrogens (tertiary/aromatic N) is 4. The Morgan fingerprint density at radius 2 is 1.88 bits per heavy atom. The number of carbonyl (C=O) groups is 1. The minimum atomic E-state index is -0.149. The SMILES string of the molecule is COc1ccc(CCN(C)C(=O)c2cnn3c(-c4ccccc4Cl)ccnc23)cc1OC. The van der Waals surface area contributed by atoms with E-state index in [4.69, 9.17) is 21.1 Å². The van der Waals surface area contributed by atoms with Crippen LogP contribution in [0.4, 0.5) is 0 Å². The van der Waals surface area contributed by atoms with Gasteiger partial charge in [0.2, 0.25) is 0 Å². The summed E-state index contributed by atoms with van der Waals surface area (Å²) in [6.07, 6.45) is 3.88. The van der Waals surface area contributed by atoms with Crippen LogP contribution in [-0.4, -0.2) is 53.2 Å². The van der Waals surface area contributed by atoms with Gasteiger partial charge in [0.1, 0.15) is 5.56 Å². The second-order valence-electron chi connectivity index (χ2n) is 7.27. The number of likely N-dealkylation sites (N-methyl/N-ethyl adjacent to an activating group) is 1. The van der Waals surface area contributed by atoms with Gasteiger partial charge in [-0.1, -0.05) is 35.9 Å². The number of amides is 1. The molecule has 7 nitrogen and oxygen atoms in total. The summed E-state index contributed by atoms with van der Waals surface area (Å²) in [4.78, 5) is 19.2. The van der Waals surface area contributed by atoms with Crippen molar-refractivity contribution >= 4 is 23.2 Å². The van der Waals surface area contributed by atoms with Crippen LogP contribution >= 0.6 is 11.6 Å². The maximum Gasteiger partial charge on any atom is 0.259 e. The van der Waals surface area contributed by atoms with Crippen molar-refractivity contribution in [2.75, 3.05) is 27.8 Å². The first-order valence-corrected chi connectivity index (χ1v) is 10.4. The molecular weight excluding hydrogens is 428 g/mol. The van der Waals surface area contributed by atoms with Crippen molar-refractivity contribution in [1.29, 1.82) is 0 Å². The van der Waals surface area contributed by atoms with Crippen molar-refractivity contribution in [3.8, 4) is 22.8 Å². The fourth-order valence-electron chi connectivity index (χ4n) is 3.56. The number of aromatic nitrogens is 3. The van der Waals surface area contributed by atoms with Crippen molar-refractivity contribution in [3.63, 3.8) is 0 Å². The lowest BCUT2D eigenvalue weighted by molar-refractivity contribution is 0.0798. The van der Waals surface area contributed by atoms with E-state index in [9.17, 15) is 4.79 Å². The topological polar surface area (TPSA) is 69.0 Å². The quantitative estimate of drug-likeness (QED) is 0.418. The molecule has 8 heteroatoms. The lowest BCUT2D eigenvalue weighted by Crippen LogP contribution is -2.28. The molecule has 164 valence electrons. The fraction of sp³-hybridized carbons (Fsp3) is 0.208. The molecule has 2 aromatic heterocycles. The average molecular weight is 451 g/mol. The van der Waals surface area contributed by atoms with Crippen molar-refractivity contribution < 1.29 is 14.3 Å². The fourth-order valence-corrected chi connectivity index (χ4v) is 3.79. The van der Waals surface area contributed by atoms with Crippen LogP contribution in [0.3, 0.4) is 0 Å². The van der Waals surface area contributed by atoms with E-state index in [0.717, 1.165) is 16.8 Å². The molecule has 1 amide bonds. The molecule has 0 unspecified atom stereocenters. The lowest BCUT2D eigenvalue weighted by atomic mass is 10.1. The zero-order chi connectivity index (χ0) is 22.7. The van der Waals surface area contributed by atoms with Crippen LogP contribution in [0.2, 0.25) is 5.02 Å². The molecule has 0 radical (unpaired) electrons. The Bertz CT molecular complexity index is 1270. The lowest BCUT2D eigenvalue weighted by Gasteiger charge is -2.17. The highest BCUT2D eigenvalue weighted by molar-refractivity contribution is 6.33. The van der Waals surface area contributed by atoms with Gasteiger partial charge in [-0.15, -0.1) is 0 Å². The summed E-state index contributed by atoms with van der Waals surface area (Å²) in [6.45, 7) is 0.524. The van der Waals surface area contributed by atoms with E-state index in [0.29, 0.717) is 40.7 Å². The summed E-state index contributed by atoms with van der Waals surface area (Å²) in [5, 5.41) is 5.02. The number of fused-ring (bicyclic) bond motifs is 1. The molecule has 2 heterocycles. The molecule has 0 aliphatic carbocycles. The van der Waals surface area contributed by atoms with Gasteiger partial charge in [-0.3, -0.25) is 4.79 Å². The molecule has 2 aromatic carbocycles. The molecule has 0 atom stereocenters. The van der Waals surface area contributed by atoms with Crippen LogP contribution in [0.15, 0.2) is 60.9 Å². The molecule has 0 N–H and O–H groups in total. The Kier molecular flexibility index (Phi) is 6.28. The maximum absolute atomic E-state index is 13.1. The Morgan fingerprint density at radius 1 is 1.09 bits per heavy atom. The molecule has 0 aliphatic rings. The average Bonchev–Trinajstić information content (AvgIpc) is 3.26. The zero-order valence-electron chi connectivity index (χ0n) is 18.1. The molecule has 0 fully saturated rings. The van der Waals surface area contributed by atoms with Crippen LogP contribution in [0, 0.1) is 0 Å². The Hall–Kier alpha value is -3.58. The van der Waals surface area contributed by atoms with Gasteiger partial charge >= 0.3 is 0 Å². The summed E-state index contributed by atoms with van der Waals surface area (Å²) in [6, 6.07) is 15.1. The Balaban J connectivity index is 1.55. The number of ether oxygens (including phenoxy) is 2. The second kappa shape index (κ2) is 9.28. The van der Waals surface area contributed by atoms with Gasteiger partial charge in [0.25, 0.3) is 5.91 Å². The number of halogens is 1. The normalized spacial score (nSPS) is 10.9. The van der Waals surface area contributed by atoms with E-state index in [1.165, 1.54) is 0 Å². The second-order valence-corrected chi connectivity index (χ2v) is 7.68. The highest BCUT2D eigenvalue weighted by Crippen LogP contribution is 2.29. The van der Waals surface area contributed by atoms with Gasteiger partial charge < -0.3 is 14.4 Å². The minimum absolute atomic E-state index is 0.149. The van der Waals surface area contributed by atoms with E-state index in [1.807, 2.05) is 48.5 Å². The van der Waals surface area contributed by atoms with Crippen molar-refractivity contribution in [1.82, 2.24) is 19.5 Å². The first kappa shape index (κ1) is 21.6. The molecule has 0 spiro atoms. The van der Waals surface area contributed by atoms with Gasteiger partial charge in [0.15, 0.2) is 17.1 Å². The smallest absolute Gasteiger partial charge is 0.259 e. The molecule has 0 bridgehead atoms. The van der Waals surface area contributed by atoms with E-state index >= 15 is 0 Å². The summed E-state index contributed by atoms with van der Waals surface area (Å²) in [7, 11) is 4.97. The molecule has 4 aromatic rings. The highest BCUT2D eigenvalue weighted by atomic mass is 35.5. The third kappa shape index (κ3) is 4.11. The van der Waals surface area contributed by atoms with Crippen LogP contribution in [0.1, 0.15) is 15.9 Å². The molecule has 0 saturated carbocycles. The predicted molar refractivity (Wildman–Crippen MR) is 124 cm³/mol. The van der Waals surface area contributed by atoms with Gasteiger partial charge in [-0.05, 0) is 36.2 Å². The number of carbonyl (C=O) groups excluding carboxylic acids is 1. The number of methoxy groups -OCH3 is 2. The summed E-state index contributed by atoms with van der Waals surface area (Å²) in [5.74, 6) is 1.19. The number of hydrogen-bond acceptors (Lipinski definition) is 5. The molecule has 4 rings (SSSR count). The van der Waals surface area contributed by atoms with Crippen molar-refractivity contribution in [3.05, 3.63) is 77.1 Å². The minimum Gasteiger partial charge on any atom is -0.493 e. The molecule has 32 heavy (non-hydrogen) atoms. The first-order valence-electron chi connectivity index (χ1n) is 10.1. The molecule has 0 saturated heterocycles. The first-order chi connectivity index (χ1) is 15.5. The standard InChI is InChI=1S/C24H23ClN4O3/c1-28(13-11-16-8-9-21(31-2)22(14-16)32-3)24(30)18-15-27-29-20(10-12-26-23(18)29)17-6-4-5-7-19(17)25/h4-10,12,14-15H,11,13H2,1-3H3. The van der Waals surface area contributed by atoms with Crippen molar-refractivity contribution in [2.45, 2.75) is 6.42 Å². The van der Waals surface area contributed by atoms with Crippen LogP contribution < -0.4 is 9.47 Å². The number of hydrogen-bond donors (Lipinski definition) is 0. The monoisotopic (exact) mass is 450 g/mol. The Labute approximate surface area is 191 Å². The van der Waals surface area contributed by atoms with Gasteiger partial charge in [-0.25, -0.2) is 9.50 Å². The Morgan fingerprint density at radius 3 is 2.62 bits per heavy atom. The summed E-state index contributed by atoms with van der Waals surface area (Å²) < 4.78 is 12.3. The van der Waals surface area contributed by atoms with Gasteiger partial charge in [-0.2, -0.15) is 5.10 Å². The van der Waals surface area contributed by atoms with E-state index in [2.05, 4.69) is 10.1 Å². The molecule has 0 aliphatic heterocycles. The van der Waals surface area contributed by atoms with E-state index in [-0.39, 0.29) is 5.91 Å².